The number of hydrogen-bond donors (Lipinski definition) is 1. The molecule has 0 saturated carbocycles. The monoisotopic (exact) mass is 264 g/mol. The van der Waals surface area contributed by atoms with E-state index < -0.39 is 24.7 Å². The molecule has 0 saturated heterocycles. The fourth-order valence-electron chi connectivity index (χ4n) is 1.45. The fourth-order valence-corrected chi connectivity index (χ4v) is 1.45. The van der Waals surface area contributed by atoms with Crippen LogP contribution in [0.3, 0.4) is 0 Å². The molecule has 102 valence electrons. The van der Waals surface area contributed by atoms with Crippen LogP contribution in [0, 0.1) is 0 Å². The Kier molecular flexibility index (Phi) is 4.20. The highest BCUT2D eigenvalue weighted by atomic mass is 19.4. The van der Waals surface area contributed by atoms with Crippen molar-refractivity contribution in [1.29, 1.82) is 0 Å². The number of nitrogens with zero attached hydrogens (tertiary/aromatic N) is 3. The lowest BCUT2D eigenvalue weighted by atomic mass is 10.3. The number of amides is 1. The third-order valence-electron chi connectivity index (χ3n) is 2.24. The Bertz CT molecular complexity index is 414. The van der Waals surface area contributed by atoms with E-state index in [0.29, 0.717) is 5.69 Å². The molecule has 0 spiro atoms. The molecule has 0 fully saturated rings. The molecule has 8 heteroatoms. The Labute approximate surface area is 102 Å². The molecule has 0 bridgehead atoms. The average Bonchev–Trinajstić information content (AvgIpc) is 2.58. The smallest absolute Gasteiger partial charge is 0.396 e. The van der Waals surface area contributed by atoms with Gasteiger partial charge in [0, 0.05) is 12.2 Å². The van der Waals surface area contributed by atoms with Gasteiger partial charge in [-0.25, -0.2) is 0 Å². The van der Waals surface area contributed by atoms with Crippen molar-refractivity contribution in [3.63, 3.8) is 0 Å². The molecule has 0 aliphatic rings. The standard InChI is InChI=1S/C10H15F3N4O/c1-7(2)17(6-10(11,12)13)9(18)5-16-4-8(14)3-15-16/h3-4,7H,5-6,14H2,1-2H3. The van der Waals surface area contributed by atoms with Gasteiger partial charge in [0.2, 0.25) is 5.91 Å². The molecule has 1 aromatic rings. The first-order valence-corrected chi connectivity index (χ1v) is 5.33. The van der Waals surface area contributed by atoms with E-state index in [9.17, 15) is 18.0 Å². The number of nitrogens with two attached hydrogens (primary N) is 1. The van der Waals surface area contributed by atoms with Crippen molar-refractivity contribution in [3.8, 4) is 0 Å². The lowest BCUT2D eigenvalue weighted by Gasteiger charge is -2.27. The number of carbonyl (C=O) groups is 1. The van der Waals surface area contributed by atoms with E-state index in [1.54, 1.807) is 0 Å². The van der Waals surface area contributed by atoms with E-state index >= 15 is 0 Å². The Hall–Kier alpha value is -1.73. The maximum atomic E-state index is 12.3. The summed E-state index contributed by atoms with van der Waals surface area (Å²) in [5, 5.41) is 3.76. The van der Waals surface area contributed by atoms with Crippen LogP contribution in [-0.4, -0.2) is 39.4 Å². The first kappa shape index (κ1) is 14.3. The molecule has 0 aliphatic heterocycles. The van der Waals surface area contributed by atoms with Crippen LogP contribution in [0.2, 0.25) is 0 Å². The zero-order valence-electron chi connectivity index (χ0n) is 10.1. The first-order valence-electron chi connectivity index (χ1n) is 5.33. The van der Waals surface area contributed by atoms with E-state index in [4.69, 9.17) is 5.73 Å². The minimum absolute atomic E-state index is 0.258. The Balaban J connectivity index is 2.71. The van der Waals surface area contributed by atoms with Gasteiger partial charge in [-0.1, -0.05) is 0 Å². The van der Waals surface area contributed by atoms with Gasteiger partial charge >= 0.3 is 6.18 Å². The van der Waals surface area contributed by atoms with Crippen molar-refractivity contribution in [3.05, 3.63) is 12.4 Å². The Morgan fingerprint density at radius 2 is 2.17 bits per heavy atom. The van der Waals surface area contributed by atoms with Crippen LogP contribution in [0.25, 0.3) is 0 Å². The quantitative estimate of drug-likeness (QED) is 0.890. The number of rotatable bonds is 4. The van der Waals surface area contributed by atoms with E-state index in [1.807, 2.05) is 0 Å². The molecule has 5 nitrogen and oxygen atoms in total. The summed E-state index contributed by atoms with van der Waals surface area (Å²) < 4.78 is 38.2. The molecule has 1 rings (SSSR count). The number of alkyl halides is 3. The van der Waals surface area contributed by atoms with Crippen molar-refractivity contribution in [2.75, 3.05) is 12.3 Å². The molecular weight excluding hydrogens is 249 g/mol. The van der Waals surface area contributed by atoms with E-state index in [2.05, 4.69) is 5.10 Å². The predicted molar refractivity (Wildman–Crippen MR) is 59.5 cm³/mol. The lowest BCUT2D eigenvalue weighted by Crippen LogP contribution is -2.44. The summed E-state index contributed by atoms with van der Waals surface area (Å²) in [7, 11) is 0. The van der Waals surface area contributed by atoms with Gasteiger partial charge in [0.25, 0.3) is 0 Å². The van der Waals surface area contributed by atoms with Crippen LogP contribution < -0.4 is 5.73 Å². The molecule has 0 unspecified atom stereocenters. The summed E-state index contributed by atoms with van der Waals surface area (Å²) in [6, 6.07) is -0.535. The van der Waals surface area contributed by atoms with Gasteiger partial charge in [-0.05, 0) is 13.8 Å². The second kappa shape index (κ2) is 5.28. The topological polar surface area (TPSA) is 64.2 Å². The van der Waals surface area contributed by atoms with Gasteiger partial charge in [0.05, 0.1) is 11.9 Å². The van der Waals surface area contributed by atoms with Crippen LogP contribution in [0.5, 0.6) is 0 Å². The number of nitrogen functional groups attached to an aromatic ring is 1. The molecule has 0 aliphatic carbocycles. The third-order valence-corrected chi connectivity index (χ3v) is 2.24. The summed E-state index contributed by atoms with van der Waals surface area (Å²) in [6.07, 6.45) is -1.69. The largest absolute Gasteiger partial charge is 0.406 e. The Morgan fingerprint density at radius 3 is 2.56 bits per heavy atom. The van der Waals surface area contributed by atoms with Crippen LogP contribution in [0.15, 0.2) is 12.4 Å². The second-order valence-corrected chi connectivity index (χ2v) is 4.20. The molecule has 1 amide bonds. The number of hydrogen-bond acceptors (Lipinski definition) is 3. The van der Waals surface area contributed by atoms with Gasteiger partial charge < -0.3 is 10.6 Å². The minimum Gasteiger partial charge on any atom is -0.396 e. The zero-order valence-corrected chi connectivity index (χ0v) is 10.1. The van der Waals surface area contributed by atoms with Crippen LogP contribution in [0.4, 0.5) is 18.9 Å². The van der Waals surface area contributed by atoms with Gasteiger partial charge in [-0.3, -0.25) is 9.48 Å². The van der Waals surface area contributed by atoms with Gasteiger partial charge in [0.15, 0.2) is 0 Å². The molecule has 0 aromatic carbocycles. The third kappa shape index (κ3) is 4.27. The molecule has 2 N–H and O–H groups in total. The van der Waals surface area contributed by atoms with Crippen molar-refractivity contribution in [1.82, 2.24) is 14.7 Å². The lowest BCUT2D eigenvalue weighted by molar-refractivity contribution is -0.165. The second-order valence-electron chi connectivity index (χ2n) is 4.20. The van der Waals surface area contributed by atoms with Crippen LogP contribution in [-0.2, 0) is 11.3 Å². The molecule has 0 atom stereocenters. The molecular formula is C10H15F3N4O. The maximum absolute atomic E-state index is 12.3. The van der Waals surface area contributed by atoms with Gasteiger partial charge in [-0.15, -0.1) is 0 Å². The van der Waals surface area contributed by atoms with E-state index in [0.717, 1.165) is 4.90 Å². The summed E-state index contributed by atoms with van der Waals surface area (Å²) in [5.41, 5.74) is 5.76. The van der Waals surface area contributed by atoms with Crippen molar-refractivity contribution in [2.24, 2.45) is 0 Å². The number of halogens is 3. The summed E-state index contributed by atoms with van der Waals surface area (Å²) in [6.45, 7) is 1.54. The highest BCUT2D eigenvalue weighted by Gasteiger charge is 2.34. The normalized spacial score (nSPS) is 11.9. The molecule has 18 heavy (non-hydrogen) atoms. The predicted octanol–water partition coefficient (Wildman–Crippen LogP) is 1.26. The van der Waals surface area contributed by atoms with E-state index in [-0.39, 0.29) is 6.54 Å². The highest BCUT2D eigenvalue weighted by molar-refractivity contribution is 5.76. The summed E-state index contributed by atoms with van der Waals surface area (Å²) in [4.78, 5) is 12.5. The molecule has 1 heterocycles. The van der Waals surface area contributed by atoms with Crippen LogP contribution >= 0.6 is 0 Å². The zero-order chi connectivity index (χ0) is 13.9. The first-order chi connectivity index (χ1) is 8.19. The van der Waals surface area contributed by atoms with Crippen molar-refractivity contribution >= 4 is 11.6 Å². The summed E-state index contributed by atoms with van der Waals surface area (Å²) in [5.74, 6) is -0.648. The maximum Gasteiger partial charge on any atom is 0.406 e. The molecule has 1 aromatic heterocycles. The number of carbonyl (C=O) groups excluding carboxylic acids is 1. The van der Waals surface area contributed by atoms with Gasteiger partial charge in [0.1, 0.15) is 13.1 Å². The number of anilines is 1. The van der Waals surface area contributed by atoms with Crippen LogP contribution in [0.1, 0.15) is 13.8 Å². The Morgan fingerprint density at radius 1 is 1.56 bits per heavy atom. The SMILES string of the molecule is CC(C)N(CC(F)(F)F)C(=O)Cn1cc(N)cn1. The average molecular weight is 264 g/mol. The van der Waals surface area contributed by atoms with Crippen molar-refractivity contribution < 1.29 is 18.0 Å². The van der Waals surface area contributed by atoms with Gasteiger partial charge in [-0.2, -0.15) is 18.3 Å². The number of aromatic nitrogens is 2. The highest BCUT2D eigenvalue weighted by Crippen LogP contribution is 2.18. The molecule has 0 radical (unpaired) electrons. The van der Waals surface area contributed by atoms with E-state index in [1.165, 1.54) is 30.9 Å². The summed E-state index contributed by atoms with van der Waals surface area (Å²) >= 11 is 0. The van der Waals surface area contributed by atoms with Crippen molar-refractivity contribution in [2.45, 2.75) is 32.6 Å². The fraction of sp³-hybridized carbons (Fsp3) is 0.600. The minimum atomic E-state index is -4.41.